The fourth-order valence-electron chi connectivity index (χ4n) is 2.51. The molecular formula is C19H22N2O6. The van der Waals surface area contributed by atoms with Crippen LogP contribution in [0.25, 0.3) is 11.0 Å². The predicted molar refractivity (Wildman–Crippen MR) is 98.3 cm³/mol. The highest BCUT2D eigenvalue weighted by atomic mass is 16.5. The van der Waals surface area contributed by atoms with Crippen LogP contribution >= 0.6 is 0 Å². The lowest BCUT2D eigenvalue weighted by molar-refractivity contribution is -0.145. The number of rotatable bonds is 8. The predicted octanol–water partition coefficient (Wildman–Crippen LogP) is 1.37. The molecule has 0 unspecified atom stereocenters. The highest BCUT2D eigenvalue weighted by Gasteiger charge is 2.25. The van der Waals surface area contributed by atoms with Gasteiger partial charge in [0.2, 0.25) is 5.91 Å². The molecule has 2 rings (SSSR count). The van der Waals surface area contributed by atoms with Gasteiger partial charge in [0.25, 0.3) is 5.91 Å². The largest absolute Gasteiger partial charge is 0.464 e. The molecule has 27 heavy (non-hydrogen) atoms. The quantitative estimate of drug-likeness (QED) is 0.533. The van der Waals surface area contributed by atoms with Crippen molar-refractivity contribution in [3.8, 4) is 0 Å². The topological polar surface area (TPSA) is 115 Å². The van der Waals surface area contributed by atoms with Gasteiger partial charge in [-0.25, -0.2) is 9.59 Å². The van der Waals surface area contributed by atoms with E-state index in [-0.39, 0.29) is 30.9 Å². The van der Waals surface area contributed by atoms with E-state index in [2.05, 4.69) is 10.6 Å². The number of carbonyl (C=O) groups excluding carboxylic acids is 3. The Bertz CT molecular complexity index is 889. The van der Waals surface area contributed by atoms with Gasteiger partial charge in [-0.05, 0) is 32.4 Å². The fourth-order valence-corrected chi connectivity index (χ4v) is 2.51. The van der Waals surface area contributed by atoms with Crippen LogP contribution in [0.1, 0.15) is 37.0 Å². The van der Waals surface area contributed by atoms with Crippen LogP contribution in [0.5, 0.6) is 0 Å². The summed E-state index contributed by atoms with van der Waals surface area (Å²) in [5, 5.41) is 5.67. The first-order chi connectivity index (χ1) is 13.0. The standard InChI is InChI=1S/C19H22N2O6/c1-3-20-16(22)10-9-14(19(25)26-4-2)21-17(23)13-11-12-7-5-6-8-15(12)27-18(13)24/h5-8,11,14H,3-4,9-10H2,1-2H3,(H,20,22)(H,21,23)/t14-/m1/s1. The minimum atomic E-state index is -1.05. The van der Waals surface area contributed by atoms with Crippen LogP contribution in [0.15, 0.2) is 39.5 Å². The smallest absolute Gasteiger partial charge is 0.349 e. The average molecular weight is 374 g/mol. The Morgan fingerprint density at radius 2 is 1.93 bits per heavy atom. The number of esters is 1. The van der Waals surface area contributed by atoms with E-state index in [1.54, 1.807) is 38.1 Å². The van der Waals surface area contributed by atoms with E-state index < -0.39 is 23.5 Å². The first-order valence-corrected chi connectivity index (χ1v) is 8.73. The van der Waals surface area contributed by atoms with E-state index in [4.69, 9.17) is 9.15 Å². The number of hydrogen-bond acceptors (Lipinski definition) is 6. The zero-order chi connectivity index (χ0) is 19.8. The Morgan fingerprint density at radius 3 is 2.63 bits per heavy atom. The van der Waals surface area contributed by atoms with Crippen LogP contribution < -0.4 is 16.3 Å². The first kappa shape index (κ1) is 20.2. The van der Waals surface area contributed by atoms with E-state index in [0.717, 1.165) is 0 Å². The van der Waals surface area contributed by atoms with Gasteiger partial charge in [0.05, 0.1) is 6.61 Å². The molecule has 144 valence electrons. The summed E-state index contributed by atoms with van der Waals surface area (Å²) in [6.07, 6.45) is 0.0826. The van der Waals surface area contributed by atoms with Crippen LogP contribution in [-0.4, -0.2) is 37.0 Å². The van der Waals surface area contributed by atoms with Crippen LogP contribution in [0.2, 0.25) is 0 Å². The number of nitrogens with one attached hydrogen (secondary N) is 2. The molecule has 0 saturated carbocycles. The van der Waals surface area contributed by atoms with E-state index >= 15 is 0 Å². The first-order valence-electron chi connectivity index (χ1n) is 8.73. The zero-order valence-electron chi connectivity index (χ0n) is 15.2. The Hall–Kier alpha value is -3.16. The van der Waals surface area contributed by atoms with Crippen molar-refractivity contribution in [3.63, 3.8) is 0 Å². The highest BCUT2D eigenvalue weighted by molar-refractivity contribution is 5.98. The second-order valence-corrected chi connectivity index (χ2v) is 5.76. The zero-order valence-corrected chi connectivity index (χ0v) is 15.2. The maximum atomic E-state index is 12.5. The number of fused-ring (bicyclic) bond motifs is 1. The van der Waals surface area contributed by atoms with Gasteiger partial charge in [0, 0.05) is 18.4 Å². The van der Waals surface area contributed by atoms with E-state index in [0.29, 0.717) is 17.5 Å². The Labute approximate surface area is 155 Å². The maximum absolute atomic E-state index is 12.5. The second kappa shape index (κ2) is 9.51. The van der Waals surface area contributed by atoms with Gasteiger partial charge in [-0.15, -0.1) is 0 Å². The Kier molecular flexibility index (Phi) is 7.10. The van der Waals surface area contributed by atoms with Crippen LogP contribution in [0.4, 0.5) is 0 Å². The summed E-state index contributed by atoms with van der Waals surface area (Å²) in [6.45, 7) is 4.01. The number of hydrogen-bond donors (Lipinski definition) is 2. The number of ether oxygens (including phenoxy) is 1. The molecule has 0 saturated heterocycles. The second-order valence-electron chi connectivity index (χ2n) is 5.76. The summed E-state index contributed by atoms with van der Waals surface area (Å²) in [6, 6.07) is 7.13. The molecular weight excluding hydrogens is 352 g/mol. The van der Waals surface area contributed by atoms with Gasteiger partial charge in [-0.1, -0.05) is 18.2 Å². The summed E-state index contributed by atoms with van der Waals surface area (Å²) < 4.78 is 10.1. The molecule has 0 spiro atoms. The number of carbonyl (C=O) groups is 3. The summed E-state index contributed by atoms with van der Waals surface area (Å²) in [5.41, 5.74) is -0.671. The van der Waals surface area contributed by atoms with Crippen molar-refractivity contribution < 1.29 is 23.5 Å². The number of benzene rings is 1. The van der Waals surface area contributed by atoms with Crippen molar-refractivity contribution in [2.45, 2.75) is 32.7 Å². The SMILES string of the molecule is CCNC(=O)CC[C@@H](NC(=O)c1cc2ccccc2oc1=O)C(=O)OCC. The molecule has 2 aromatic rings. The van der Waals surface area contributed by atoms with Gasteiger partial charge >= 0.3 is 11.6 Å². The van der Waals surface area contributed by atoms with Gasteiger partial charge < -0.3 is 19.8 Å². The summed E-state index contributed by atoms with van der Waals surface area (Å²) in [7, 11) is 0. The summed E-state index contributed by atoms with van der Waals surface area (Å²) >= 11 is 0. The Balaban J connectivity index is 2.19. The highest BCUT2D eigenvalue weighted by Crippen LogP contribution is 2.13. The minimum absolute atomic E-state index is 0.0317. The molecule has 0 aliphatic rings. The average Bonchev–Trinajstić information content (AvgIpc) is 2.64. The third-order valence-corrected chi connectivity index (χ3v) is 3.80. The lowest BCUT2D eigenvalue weighted by atomic mass is 10.1. The molecule has 8 heteroatoms. The molecule has 1 atom stereocenters. The lowest BCUT2D eigenvalue weighted by Crippen LogP contribution is -2.43. The normalized spacial score (nSPS) is 11.6. The summed E-state index contributed by atoms with van der Waals surface area (Å²) in [4.78, 5) is 48.4. The van der Waals surface area contributed by atoms with Crippen molar-refractivity contribution in [3.05, 3.63) is 46.3 Å². The molecule has 0 aliphatic heterocycles. The lowest BCUT2D eigenvalue weighted by Gasteiger charge is -2.17. The van der Waals surface area contributed by atoms with E-state index in [9.17, 15) is 19.2 Å². The van der Waals surface area contributed by atoms with Crippen molar-refractivity contribution in [1.82, 2.24) is 10.6 Å². The maximum Gasteiger partial charge on any atom is 0.349 e. The van der Waals surface area contributed by atoms with Gasteiger partial charge in [0.1, 0.15) is 17.2 Å². The monoisotopic (exact) mass is 374 g/mol. The number of para-hydroxylation sites is 1. The van der Waals surface area contributed by atoms with Gasteiger partial charge in [0.15, 0.2) is 0 Å². The molecule has 2 amide bonds. The van der Waals surface area contributed by atoms with Crippen molar-refractivity contribution in [2.24, 2.45) is 0 Å². The van der Waals surface area contributed by atoms with Gasteiger partial charge in [-0.3, -0.25) is 9.59 Å². The molecule has 0 fully saturated rings. The van der Waals surface area contributed by atoms with Crippen LogP contribution in [0, 0.1) is 0 Å². The molecule has 0 aliphatic carbocycles. The van der Waals surface area contributed by atoms with Crippen LogP contribution in [0.3, 0.4) is 0 Å². The Morgan fingerprint density at radius 1 is 1.19 bits per heavy atom. The third kappa shape index (κ3) is 5.40. The van der Waals surface area contributed by atoms with Gasteiger partial charge in [-0.2, -0.15) is 0 Å². The molecule has 2 N–H and O–H groups in total. The number of amides is 2. The molecule has 8 nitrogen and oxygen atoms in total. The minimum Gasteiger partial charge on any atom is -0.464 e. The summed E-state index contributed by atoms with van der Waals surface area (Å²) in [5.74, 6) is -1.67. The third-order valence-electron chi connectivity index (χ3n) is 3.80. The van der Waals surface area contributed by atoms with E-state index in [1.807, 2.05) is 0 Å². The van der Waals surface area contributed by atoms with Crippen molar-refractivity contribution in [1.29, 1.82) is 0 Å². The molecule has 0 bridgehead atoms. The van der Waals surface area contributed by atoms with Crippen molar-refractivity contribution in [2.75, 3.05) is 13.2 Å². The molecule has 1 aromatic heterocycles. The van der Waals surface area contributed by atoms with E-state index in [1.165, 1.54) is 6.07 Å². The molecule has 1 aromatic carbocycles. The fraction of sp³-hybridized carbons (Fsp3) is 0.368. The molecule has 0 radical (unpaired) electrons. The molecule has 1 heterocycles. The van der Waals surface area contributed by atoms with Crippen molar-refractivity contribution >= 4 is 28.8 Å². The van der Waals surface area contributed by atoms with Crippen LogP contribution in [-0.2, 0) is 14.3 Å².